The van der Waals surface area contributed by atoms with Gasteiger partial charge in [-0.05, 0) is 20.8 Å². The highest BCUT2D eigenvalue weighted by Gasteiger charge is 2.32. The minimum Gasteiger partial charge on any atom is -0.372 e. The van der Waals surface area contributed by atoms with Crippen LogP contribution in [-0.2, 0) is 9.53 Å². The van der Waals surface area contributed by atoms with E-state index in [0.717, 1.165) is 32.0 Å². The third-order valence-corrected chi connectivity index (χ3v) is 4.82. The van der Waals surface area contributed by atoms with Gasteiger partial charge in [-0.25, -0.2) is 4.98 Å². The van der Waals surface area contributed by atoms with Crippen molar-refractivity contribution >= 4 is 11.7 Å². The second-order valence-corrected chi connectivity index (χ2v) is 6.76. The van der Waals surface area contributed by atoms with Crippen LogP contribution in [-0.4, -0.2) is 83.2 Å². The summed E-state index contributed by atoms with van der Waals surface area (Å²) in [4.78, 5) is 27.8. The molecule has 2 aliphatic heterocycles. The second kappa shape index (κ2) is 7.44. The summed E-state index contributed by atoms with van der Waals surface area (Å²) in [7, 11) is 0. The monoisotopic (exact) mass is 333 g/mol. The number of piperazine rings is 1. The maximum atomic E-state index is 12.8. The standard InChI is InChI=1S/C17H27N5O2/c1-13-11-22(12-14(2)24-13)17(23)15(3)20-6-8-21(9-7-20)16-10-18-4-5-19-16/h4-5,10,13-15H,6-9,11-12H2,1-3H3. The Morgan fingerprint density at radius 2 is 1.83 bits per heavy atom. The summed E-state index contributed by atoms with van der Waals surface area (Å²) in [6.45, 7) is 10.9. The number of nitrogens with zero attached hydrogens (tertiary/aromatic N) is 5. The van der Waals surface area contributed by atoms with E-state index in [1.165, 1.54) is 0 Å². The molecule has 0 N–H and O–H groups in total. The van der Waals surface area contributed by atoms with Gasteiger partial charge in [0.2, 0.25) is 5.91 Å². The van der Waals surface area contributed by atoms with E-state index in [2.05, 4.69) is 19.8 Å². The molecule has 24 heavy (non-hydrogen) atoms. The number of aromatic nitrogens is 2. The van der Waals surface area contributed by atoms with Crippen molar-refractivity contribution in [2.45, 2.75) is 39.0 Å². The van der Waals surface area contributed by atoms with Gasteiger partial charge in [0.1, 0.15) is 5.82 Å². The number of amides is 1. The second-order valence-electron chi connectivity index (χ2n) is 6.76. The highest BCUT2D eigenvalue weighted by molar-refractivity contribution is 5.81. The molecule has 3 atom stereocenters. The molecule has 3 heterocycles. The van der Waals surface area contributed by atoms with Crippen molar-refractivity contribution in [2.24, 2.45) is 0 Å². The molecule has 0 saturated carbocycles. The van der Waals surface area contributed by atoms with Crippen LogP contribution in [0.5, 0.6) is 0 Å². The number of ether oxygens (including phenoxy) is 1. The Hall–Kier alpha value is -1.73. The van der Waals surface area contributed by atoms with E-state index in [4.69, 9.17) is 4.74 Å². The first-order valence-electron chi connectivity index (χ1n) is 8.74. The lowest BCUT2D eigenvalue weighted by Crippen LogP contribution is -2.57. The molecule has 2 aliphatic rings. The predicted octanol–water partition coefficient (Wildman–Crippen LogP) is 0.623. The van der Waals surface area contributed by atoms with Crippen LogP contribution in [0.25, 0.3) is 0 Å². The van der Waals surface area contributed by atoms with Gasteiger partial charge in [-0.2, -0.15) is 0 Å². The van der Waals surface area contributed by atoms with Gasteiger partial charge in [0.15, 0.2) is 0 Å². The van der Waals surface area contributed by atoms with E-state index < -0.39 is 0 Å². The van der Waals surface area contributed by atoms with E-state index >= 15 is 0 Å². The van der Waals surface area contributed by atoms with E-state index in [0.29, 0.717) is 13.1 Å². The zero-order valence-corrected chi connectivity index (χ0v) is 14.8. The molecule has 1 amide bonds. The van der Waals surface area contributed by atoms with Gasteiger partial charge in [-0.3, -0.25) is 14.7 Å². The van der Waals surface area contributed by atoms with Gasteiger partial charge < -0.3 is 14.5 Å². The molecule has 132 valence electrons. The van der Waals surface area contributed by atoms with E-state index in [9.17, 15) is 4.79 Å². The molecule has 7 heteroatoms. The Balaban J connectivity index is 1.55. The number of morpholine rings is 1. The summed E-state index contributed by atoms with van der Waals surface area (Å²) in [6.07, 6.45) is 5.41. The topological polar surface area (TPSA) is 61.8 Å². The molecule has 0 spiro atoms. The third kappa shape index (κ3) is 3.84. The molecule has 2 fully saturated rings. The fourth-order valence-electron chi connectivity index (χ4n) is 3.57. The van der Waals surface area contributed by atoms with E-state index in [-0.39, 0.29) is 24.2 Å². The van der Waals surface area contributed by atoms with Crippen LogP contribution < -0.4 is 4.90 Å². The maximum Gasteiger partial charge on any atom is 0.239 e. The fraction of sp³-hybridized carbons (Fsp3) is 0.706. The van der Waals surface area contributed by atoms with Gasteiger partial charge in [-0.15, -0.1) is 0 Å². The highest BCUT2D eigenvalue weighted by atomic mass is 16.5. The zero-order chi connectivity index (χ0) is 17.1. The normalized spacial score (nSPS) is 27.1. The number of hydrogen-bond acceptors (Lipinski definition) is 6. The van der Waals surface area contributed by atoms with Crippen LogP contribution in [0.2, 0.25) is 0 Å². The number of carbonyl (C=O) groups is 1. The molecular formula is C17H27N5O2. The van der Waals surface area contributed by atoms with Crippen molar-refractivity contribution in [3.8, 4) is 0 Å². The van der Waals surface area contributed by atoms with E-state index in [1.807, 2.05) is 25.7 Å². The van der Waals surface area contributed by atoms with Crippen LogP contribution in [0.15, 0.2) is 18.6 Å². The van der Waals surface area contributed by atoms with Gasteiger partial charge >= 0.3 is 0 Å². The summed E-state index contributed by atoms with van der Waals surface area (Å²) in [5, 5.41) is 0. The number of hydrogen-bond donors (Lipinski definition) is 0. The van der Waals surface area contributed by atoms with Gasteiger partial charge in [-0.1, -0.05) is 0 Å². The molecule has 1 aromatic heterocycles. The van der Waals surface area contributed by atoms with Crippen molar-refractivity contribution < 1.29 is 9.53 Å². The first kappa shape index (κ1) is 17.1. The molecular weight excluding hydrogens is 306 g/mol. The lowest BCUT2D eigenvalue weighted by molar-refractivity contribution is -0.148. The Morgan fingerprint density at radius 1 is 1.17 bits per heavy atom. The highest BCUT2D eigenvalue weighted by Crippen LogP contribution is 2.17. The lowest BCUT2D eigenvalue weighted by atomic mass is 10.1. The largest absolute Gasteiger partial charge is 0.372 e. The van der Waals surface area contributed by atoms with E-state index in [1.54, 1.807) is 18.6 Å². The fourth-order valence-corrected chi connectivity index (χ4v) is 3.57. The molecule has 7 nitrogen and oxygen atoms in total. The average Bonchev–Trinajstić information content (AvgIpc) is 2.60. The predicted molar refractivity (Wildman–Crippen MR) is 91.9 cm³/mol. The zero-order valence-electron chi connectivity index (χ0n) is 14.8. The summed E-state index contributed by atoms with van der Waals surface area (Å²) in [5.41, 5.74) is 0. The minimum atomic E-state index is -0.0912. The molecule has 0 aromatic carbocycles. The molecule has 0 aliphatic carbocycles. The van der Waals surface area contributed by atoms with Crippen molar-refractivity contribution in [3.05, 3.63) is 18.6 Å². The van der Waals surface area contributed by atoms with Crippen molar-refractivity contribution in [2.75, 3.05) is 44.2 Å². The summed E-state index contributed by atoms with van der Waals surface area (Å²) < 4.78 is 5.73. The first-order chi connectivity index (χ1) is 11.5. The lowest BCUT2D eigenvalue weighted by Gasteiger charge is -2.41. The van der Waals surface area contributed by atoms with Crippen LogP contribution in [0, 0.1) is 0 Å². The minimum absolute atomic E-state index is 0.0912. The van der Waals surface area contributed by atoms with Gasteiger partial charge in [0.25, 0.3) is 0 Å². The molecule has 2 saturated heterocycles. The van der Waals surface area contributed by atoms with Crippen molar-refractivity contribution in [1.29, 1.82) is 0 Å². The van der Waals surface area contributed by atoms with Crippen LogP contribution in [0.4, 0.5) is 5.82 Å². The number of carbonyl (C=O) groups excluding carboxylic acids is 1. The smallest absolute Gasteiger partial charge is 0.239 e. The SMILES string of the molecule is CC1CN(C(=O)C(C)N2CCN(c3cnccn3)CC2)CC(C)O1. The van der Waals surface area contributed by atoms with Crippen molar-refractivity contribution in [1.82, 2.24) is 19.8 Å². The third-order valence-electron chi connectivity index (χ3n) is 4.82. The Labute approximate surface area is 143 Å². The summed E-state index contributed by atoms with van der Waals surface area (Å²) >= 11 is 0. The maximum absolute atomic E-state index is 12.8. The summed E-state index contributed by atoms with van der Waals surface area (Å²) in [6, 6.07) is -0.0912. The molecule has 3 unspecified atom stereocenters. The first-order valence-corrected chi connectivity index (χ1v) is 8.74. The number of rotatable bonds is 3. The quantitative estimate of drug-likeness (QED) is 0.808. The van der Waals surface area contributed by atoms with Crippen LogP contribution in [0.1, 0.15) is 20.8 Å². The molecule has 0 bridgehead atoms. The average molecular weight is 333 g/mol. The molecule has 1 aromatic rings. The number of anilines is 1. The Bertz CT molecular complexity index is 537. The van der Waals surface area contributed by atoms with Gasteiger partial charge in [0, 0.05) is 51.7 Å². The molecule has 3 rings (SSSR count). The summed E-state index contributed by atoms with van der Waals surface area (Å²) in [5.74, 6) is 1.12. The van der Waals surface area contributed by atoms with Gasteiger partial charge in [0.05, 0.1) is 24.4 Å². The van der Waals surface area contributed by atoms with Crippen molar-refractivity contribution in [3.63, 3.8) is 0 Å². The van der Waals surface area contributed by atoms with Crippen LogP contribution >= 0.6 is 0 Å². The van der Waals surface area contributed by atoms with Crippen LogP contribution in [0.3, 0.4) is 0 Å². The Morgan fingerprint density at radius 3 is 2.42 bits per heavy atom. The molecule has 0 radical (unpaired) electrons. The Kier molecular flexibility index (Phi) is 5.30.